The molecule has 0 aliphatic heterocycles. The van der Waals surface area contributed by atoms with E-state index in [2.05, 4.69) is 34.1 Å². The van der Waals surface area contributed by atoms with E-state index < -0.39 is 5.91 Å². The fourth-order valence-electron chi connectivity index (χ4n) is 2.81. The van der Waals surface area contributed by atoms with Crippen molar-refractivity contribution in [2.24, 2.45) is 5.73 Å². The highest BCUT2D eigenvalue weighted by Gasteiger charge is 2.15. The maximum Gasteiger partial charge on any atom is 0.261 e. The first kappa shape index (κ1) is 18.5. The molecule has 0 aliphatic carbocycles. The molecular formula is C19H22N6O2. The zero-order chi connectivity index (χ0) is 19.4. The molecule has 1 aromatic carbocycles. The van der Waals surface area contributed by atoms with Gasteiger partial charge in [-0.25, -0.2) is 9.50 Å². The van der Waals surface area contributed by atoms with Gasteiger partial charge in [-0.2, -0.15) is 5.10 Å². The third-order valence-corrected chi connectivity index (χ3v) is 4.36. The van der Waals surface area contributed by atoms with Crippen LogP contribution in [0, 0.1) is 0 Å². The molecule has 8 nitrogen and oxygen atoms in total. The van der Waals surface area contributed by atoms with Crippen molar-refractivity contribution in [2.45, 2.75) is 20.4 Å². The summed E-state index contributed by atoms with van der Waals surface area (Å²) < 4.78 is 1.60. The molecule has 140 valence electrons. The van der Waals surface area contributed by atoms with Gasteiger partial charge >= 0.3 is 0 Å². The van der Waals surface area contributed by atoms with Crippen molar-refractivity contribution < 1.29 is 9.59 Å². The summed E-state index contributed by atoms with van der Waals surface area (Å²) in [7, 11) is 0. The van der Waals surface area contributed by atoms with Crippen molar-refractivity contribution in [1.29, 1.82) is 0 Å². The molecule has 3 N–H and O–H groups in total. The Morgan fingerprint density at radius 1 is 1.22 bits per heavy atom. The van der Waals surface area contributed by atoms with Gasteiger partial charge in [0.2, 0.25) is 5.91 Å². The number of fused-ring (bicyclic) bond motifs is 1. The topological polar surface area (TPSA) is 106 Å². The molecule has 0 aliphatic rings. The van der Waals surface area contributed by atoms with Crippen LogP contribution in [-0.4, -0.2) is 44.4 Å². The summed E-state index contributed by atoms with van der Waals surface area (Å²) >= 11 is 0. The van der Waals surface area contributed by atoms with E-state index in [1.54, 1.807) is 28.9 Å². The largest absolute Gasteiger partial charge is 0.366 e. The van der Waals surface area contributed by atoms with Gasteiger partial charge in [-0.05, 0) is 31.3 Å². The number of hydrogen-bond donors (Lipinski definition) is 2. The molecule has 2 aromatic heterocycles. The summed E-state index contributed by atoms with van der Waals surface area (Å²) in [6.07, 6.45) is 5.13. The number of carbonyl (C=O) groups is 2. The number of carbonyl (C=O) groups excluding carboxylic acids is 2. The van der Waals surface area contributed by atoms with Crippen LogP contribution >= 0.6 is 0 Å². The number of nitrogens with one attached hydrogen (secondary N) is 1. The molecule has 0 spiro atoms. The summed E-state index contributed by atoms with van der Waals surface area (Å²) in [6, 6.07) is 6.46. The van der Waals surface area contributed by atoms with Crippen LogP contribution in [0.3, 0.4) is 0 Å². The van der Waals surface area contributed by atoms with Gasteiger partial charge in [-0.1, -0.05) is 19.9 Å². The van der Waals surface area contributed by atoms with Gasteiger partial charge in [0.15, 0.2) is 5.65 Å². The first-order valence-electron chi connectivity index (χ1n) is 8.77. The number of amides is 2. The maximum atomic E-state index is 12.6. The molecule has 27 heavy (non-hydrogen) atoms. The van der Waals surface area contributed by atoms with Crippen molar-refractivity contribution in [3.63, 3.8) is 0 Å². The zero-order valence-electron chi connectivity index (χ0n) is 15.3. The average molecular weight is 366 g/mol. The monoisotopic (exact) mass is 366 g/mol. The third-order valence-electron chi connectivity index (χ3n) is 4.36. The molecule has 3 rings (SSSR count). The zero-order valence-corrected chi connectivity index (χ0v) is 15.3. The van der Waals surface area contributed by atoms with E-state index in [1.807, 2.05) is 6.20 Å². The highest BCUT2D eigenvalue weighted by molar-refractivity contribution is 6.08. The van der Waals surface area contributed by atoms with E-state index >= 15 is 0 Å². The van der Waals surface area contributed by atoms with E-state index in [0.717, 1.165) is 25.2 Å². The number of nitrogens with two attached hydrogens (primary N) is 1. The number of aromatic nitrogens is 3. The number of primary amides is 1. The Morgan fingerprint density at radius 2 is 2.00 bits per heavy atom. The molecule has 2 amide bonds. The molecular weight excluding hydrogens is 344 g/mol. The first-order valence-corrected chi connectivity index (χ1v) is 8.77. The summed E-state index contributed by atoms with van der Waals surface area (Å²) in [5.41, 5.74) is 7.93. The van der Waals surface area contributed by atoms with Gasteiger partial charge in [-0.3, -0.25) is 14.5 Å². The second kappa shape index (κ2) is 7.96. The van der Waals surface area contributed by atoms with E-state index in [1.165, 1.54) is 12.3 Å². The Labute approximate surface area is 157 Å². The Balaban J connectivity index is 1.81. The molecule has 0 bridgehead atoms. The lowest BCUT2D eigenvalue weighted by Gasteiger charge is -2.17. The number of nitrogens with zero attached hydrogens (tertiary/aromatic N) is 4. The lowest BCUT2D eigenvalue weighted by molar-refractivity contribution is 0.0996. The van der Waals surface area contributed by atoms with Crippen molar-refractivity contribution in [1.82, 2.24) is 19.5 Å². The van der Waals surface area contributed by atoms with Gasteiger partial charge in [-0.15, -0.1) is 0 Å². The molecule has 0 saturated carbocycles. The molecule has 0 atom stereocenters. The van der Waals surface area contributed by atoms with Gasteiger partial charge in [0.05, 0.1) is 6.20 Å². The Kier molecular flexibility index (Phi) is 5.46. The van der Waals surface area contributed by atoms with E-state index in [9.17, 15) is 9.59 Å². The Morgan fingerprint density at radius 3 is 2.70 bits per heavy atom. The molecule has 0 radical (unpaired) electrons. The lowest BCUT2D eigenvalue weighted by Crippen LogP contribution is -2.22. The minimum Gasteiger partial charge on any atom is -0.366 e. The van der Waals surface area contributed by atoms with Crippen LogP contribution in [-0.2, 0) is 6.54 Å². The molecule has 8 heteroatoms. The smallest absolute Gasteiger partial charge is 0.261 e. The predicted molar refractivity (Wildman–Crippen MR) is 103 cm³/mol. The fourth-order valence-corrected chi connectivity index (χ4v) is 2.81. The highest BCUT2D eigenvalue weighted by Crippen LogP contribution is 2.15. The highest BCUT2D eigenvalue weighted by atomic mass is 16.2. The summed E-state index contributed by atoms with van der Waals surface area (Å²) in [5.74, 6) is -0.903. The SMILES string of the molecule is CCN(CC)Cc1cnc2c(C(=O)Nc3cccc(C(N)=O)c3)cnn2c1. The number of hydrogen-bond acceptors (Lipinski definition) is 5. The summed E-state index contributed by atoms with van der Waals surface area (Å²) in [5, 5.41) is 7.00. The van der Waals surface area contributed by atoms with Gasteiger partial charge in [0.25, 0.3) is 5.91 Å². The van der Waals surface area contributed by atoms with Gasteiger partial charge in [0, 0.05) is 35.8 Å². The molecule has 2 heterocycles. The second-order valence-corrected chi connectivity index (χ2v) is 6.15. The second-order valence-electron chi connectivity index (χ2n) is 6.15. The minimum atomic E-state index is -0.551. The van der Waals surface area contributed by atoms with E-state index in [-0.39, 0.29) is 5.91 Å². The van der Waals surface area contributed by atoms with Crippen LogP contribution in [0.2, 0.25) is 0 Å². The van der Waals surface area contributed by atoms with Crippen molar-refractivity contribution in [2.75, 3.05) is 18.4 Å². The third kappa shape index (κ3) is 4.12. The Hall–Kier alpha value is -3.26. The maximum absolute atomic E-state index is 12.6. The van der Waals surface area contributed by atoms with Crippen molar-refractivity contribution in [3.05, 3.63) is 59.5 Å². The van der Waals surface area contributed by atoms with Crippen LogP contribution < -0.4 is 11.1 Å². The molecule has 3 aromatic rings. The van der Waals surface area contributed by atoms with E-state index in [0.29, 0.717) is 22.5 Å². The number of benzene rings is 1. The van der Waals surface area contributed by atoms with Gasteiger partial charge in [0.1, 0.15) is 5.56 Å². The fraction of sp³-hybridized carbons (Fsp3) is 0.263. The quantitative estimate of drug-likeness (QED) is 0.664. The predicted octanol–water partition coefficient (Wildman–Crippen LogP) is 1.92. The van der Waals surface area contributed by atoms with Gasteiger partial charge < -0.3 is 11.1 Å². The van der Waals surface area contributed by atoms with Crippen LogP contribution in [0.25, 0.3) is 5.65 Å². The summed E-state index contributed by atoms with van der Waals surface area (Å²) in [4.78, 5) is 30.6. The minimum absolute atomic E-state index is 0.326. The van der Waals surface area contributed by atoms with Crippen LogP contribution in [0.15, 0.2) is 42.9 Å². The van der Waals surface area contributed by atoms with Crippen LogP contribution in [0.1, 0.15) is 40.1 Å². The summed E-state index contributed by atoms with van der Waals surface area (Å²) in [6.45, 7) is 6.90. The molecule has 0 fully saturated rings. The average Bonchev–Trinajstić information content (AvgIpc) is 3.09. The first-order chi connectivity index (χ1) is 13.0. The molecule has 0 unspecified atom stereocenters. The van der Waals surface area contributed by atoms with Crippen LogP contribution in [0.5, 0.6) is 0 Å². The number of anilines is 1. The normalized spacial score (nSPS) is 11.1. The van der Waals surface area contributed by atoms with Crippen molar-refractivity contribution >= 4 is 23.1 Å². The lowest BCUT2D eigenvalue weighted by atomic mass is 10.2. The van der Waals surface area contributed by atoms with E-state index in [4.69, 9.17) is 5.73 Å². The number of rotatable bonds is 7. The standard InChI is InChI=1S/C19H22N6O2/c1-3-24(4-2)11-13-9-21-18-16(10-22-25(18)12-13)19(27)23-15-7-5-6-14(8-15)17(20)26/h5-10,12H,3-4,11H2,1-2H3,(H2,20,26)(H,23,27). The Bertz CT molecular complexity index is 977. The van der Waals surface area contributed by atoms with Crippen molar-refractivity contribution in [3.8, 4) is 0 Å². The van der Waals surface area contributed by atoms with Crippen LogP contribution in [0.4, 0.5) is 5.69 Å². The molecule has 0 saturated heterocycles.